The van der Waals surface area contributed by atoms with Crippen molar-refractivity contribution in [2.75, 3.05) is 0 Å². The minimum atomic E-state index is -0.858. The third kappa shape index (κ3) is 4.65. The molecule has 7 heteroatoms. The smallest absolute Gasteiger partial charge is 0.272 e. The molecule has 1 aliphatic heterocycles. The first-order valence-corrected chi connectivity index (χ1v) is 11.0. The van der Waals surface area contributed by atoms with Crippen molar-refractivity contribution in [2.45, 2.75) is 70.6 Å². The monoisotopic (exact) mass is 421 g/mol. The molecule has 1 atom stereocenters. The fraction of sp³-hybridized carbons (Fsp3) is 0.458. The molecule has 1 saturated carbocycles. The number of rotatable bonds is 5. The van der Waals surface area contributed by atoms with Crippen molar-refractivity contribution in [3.05, 3.63) is 59.4 Å². The van der Waals surface area contributed by atoms with Gasteiger partial charge in [0.25, 0.3) is 5.91 Å². The summed E-state index contributed by atoms with van der Waals surface area (Å²) < 4.78 is 1.71. The first-order valence-electron chi connectivity index (χ1n) is 11.0. The molecule has 0 saturated heterocycles. The maximum absolute atomic E-state index is 13.0. The van der Waals surface area contributed by atoms with E-state index in [0.717, 1.165) is 42.5 Å². The Morgan fingerprint density at radius 1 is 1.26 bits per heavy atom. The van der Waals surface area contributed by atoms with Gasteiger partial charge in [0.2, 0.25) is 5.91 Å². The van der Waals surface area contributed by atoms with E-state index in [9.17, 15) is 9.59 Å². The van der Waals surface area contributed by atoms with Crippen LogP contribution in [-0.2, 0) is 17.9 Å². The molecule has 2 aliphatic rings. The van der Waals surface area contributed by atoms with E-state index in [1.165, 1.54) is 6.42 Å². The van der Waals surface area contributed by atoms with Crippen molar-refractivity contribution in [1.29, 1.82) is 0 Å². The van der Waals surface area contributed by atoms with E-state index in [-0.39, 0.29) is 17.9 Å². The fourth-order valence-corrected chi connectivity index (χ4v) is 4.44. The Hall–Kier alpha value is -3.09. The van der Waals surface area contributed by atoms with Gasteiger partial charge in [-0.1, -0.05) is 55.7 Å². The van der Waals surface area contributed by atoms with Crippen LogP contribution in [0.5, 0.6) is 0 Å². The summed E-state index contributed by atoms with van der Waals surface area (Å²) >= 11 is 0. The van der Waals surface area contributed by atoms with Crippen LogP contribution in [0.3, 0.4) is 0 Å². The van der Waals surface area contributed by atoms with Crippen LogP contribution in [-0.4, -0.2) is 33.2 Å². The Labute approximate surface area is 183 Å². The quantitative estimate of drug-likeness (QED) is 0.693. The van der Waals surface area contributed by atoms with Crippen molar-refractivity contribution in [1.82, 2.24) is 25.7 Å². The lowest BCUT2D eigenvalue weighted by molar-refractivity contribution is -0.128. The van der Waals surface area contributed by atoms with Gasteiger partial charge in [-0.2, -0.15) is 5.10 Å². The zero-order chi connectivity index (χ0) is 22.0. The summed E-state index contributed by atoms with van der Waals surface area (Å²) in [6, 6.07) is 9.97. The van der Waals surface area contributed by atoms with Crippen LogP contribution in [0.4, 0.5) is 0 Å². The van der Waals surface area contributed by atoms with Crippen LogP contribution in [0.25, 0.3) is 5.70 Å². The SMILES string of the molecule is C=C1NC(C)(C(=O)NC2CCCCC2)Cn2nc(C(=O)NCc3cccc(C)c3)cc21. The molecule has 1 unspecified atom stereocenters. The van der Waals surface area contributed by atoms with Crippen LogP contribution in [0.1, 0.15) is 66.3 Å². The standard InChI is InChI=1S/C24H31N5O2/c1-16-8-7-9-18(12-16)14-25-22(30)20-13-21-17(2)27-24(3,15-29(21)28-20)23(31)26-19-10-5-4-6-11-19/h7-9,12-13,19,27H,2,4-6,10-11,14-15H2,1,3H3,(H,25,30)(H,26,31). The van der Waals surface area contributed by atoms with Crippen LogP contribution < -0.4 is 16.0 Å². The molecule has 1 aromatic carbocycles. The van der Waals surface area contributed by atoms with E-state index in [0.29, 0.717) is 24.5 Å². The molecule has 31 heavy (non-hydrogen) atoms. The largest absolute Gasteiger partial charge is 0.369 e. The number of nitrogens with zero attached hydrogens (tertiary/aromatic N) is 2. The third-order valence-corrected chi connectivity index (χ3v) is 6.19. The van der Waals surface area contributed by atoms with Crippen LogP contribution in [0.2, 0.25) is 0 Å². The van der Waals surface area contributed by atoms with E-state index in [2.05, 4.69) is 27.6 Å². The molecule has 2 amide bonds. The van der Waals surface area contributed by atoms with E-state index in [4.69, 9.17) is 0 Å². The number of hydrogen-bond donors (Lipinski definition) is 3. The van der Waals surface area contributed by atoms with Gasteiger partial charge in [0.05, 0.1) is 17.9 Å². The number of aryl methyl sites for hydroxylation is 1. The maximum Gasteiger partial charge on any atom is 0.272 e. The van der Waals surface area contributed by atoms with Crippen LogP contribution in [0.15, 0.2) is 36.9 Å². The summed E-state index contributed by atoms with van der Waals surface area (Å²) in [5, 5.41) is 13.8. The Bertz CT molecular complexity index is 1010. The van der Waals surface area contributed by atoms with Gasteiger partial charge in [0.1, 0.15) is 5.54 Å². The summed E-state index contributed by atoms with van der Waals surface area (Å²) in [7, 11) is 0. The van der Waals surface area contributed by atoms with Gasteiger partial charge in [-0.15, -0.1) is 0 Å². The zero-order valence-corrected chi connectivity index (χ0v) is 18.3. The summed E-state index contributed by atoms with van der Waals surface area (Å²) in [6.07, 6.45) is 5.62. The highest BCUT2D eigenvalue weighted by molar-refractivity contribution is 5.93. The summed E-state index contributed by atoms with van der Waals surface area (Å²) in [4.78, 5) is 25.7. The second kappa shape index (κ2) is 8.57. The molecule has 164 valence electrons. The first-order chi connectivity index (χ1) is 14.8. The predicted molar refractivity (Wildman–Crippen MR) is 120 cm³/mol. The molecule has 2 aromatic rings. The fourth-order valence-electron chi connectivity index (χ4n) is 4.44. The van der Waals surface area contributed by atoms with E-state index in [1.807, 2.05) is 38.1 Å². The molecule has 7 nitrogen and oxygen atoms in total. The number of fused-ring (bicyclic) bond motifs is 1. The van der Waals surface area contributed by atoms with E-state index >= 15 is 0 Å². The maximum atomic E-state index is 13.0. The average molecular weight is 422 g/mol. The lowest BCUT2D eigenvalue weighted by Gasteiger charge is -2.37. The molecule has 1 fully saturated rings. The number of hydrogen-bond acceptors (Lipinski definition) is 4. The Morgan fingerprint density at radius 2 is 2.03 bits per heavy atom. The van der Waals surface area contributed by atoms with Gasteiger partial charge >= 0.3 is 0 Å². The van der Waals surface area contributed by atoms with Crippen molar-refractivity contribution >= 4 is 17.5 Å². The third-order valence-electron chi connectivity index (χ3n) is 6.19. The molecule has 3 N–H and O–H groups in total. The van der Waals surface area contributed by atoms with Crippen molar-refractivity contribution in [3.8, 4) is 0 Å². The summed E-state index contributed by atoms with van der Waals surface area (Å²) in [6.45, 7) is 8.73. The highest BCUT2D eigenvalue weighted by Gasteiger charge is 2.40. The van der Waals surface area contributed by atoms with Gasteiger partial charge in [-0.05, 0) is 38.3 Å². The number of benzene rings is 1. The highest BCUT2D eigenvalue weighted by atomic mass is 16.2. The van der Waals surface area contributed by atoms with Gasteiger partial charge in [0, 0.05) is 12.6 Å². The molecule has 1 aliphatic carbocycles. The number of aromatic nitrogens is 2. The lowest BCUT2D eigenvalue weighted by atomic mass is 9.92. The molecular weight excluding hydrogens is 390 g/mol. The first kappa shape index (κ1) is 21.2. The molecule has 0 radical (unpaired) electrons. The molecule has 4 rings (SSSR count). The van der Waals surface area contributed by atoms with Gasteiger partial charge in [0.15, 0.2) is 5.69 Å². The summed E-state index contributed by atoms with van der Waals surface area (Å²) in [5.41, 5.74) is 2.97. The van der Waals surface area contributed by atoms with Gasteiger partial charge in [-0.25, -0.2) is 0 Å². The van der Waals surface area contributed by atoms with Crippen molar-refractivity contribution < 1.29 is 9.59 Å². The van der Waals surface area contributed by atoms with Crippen LogP contribution in [0, 0.1) is 6.92 Å². The lowest BCUT2D eigenvalue weighted by Crippen LogP contribution is -2.60. The molecule has 0 bridgehead atoms. The number of carbonyl (C=O) groups is 2. The minimum absolute atomic E-state index is 0.0489. The van der Waals surface area contributed by atoms with Gasteiger partial charge in [-0.3, -0.25) is 14.3 Å². The number of amides is 2. The van der Waals surface area contributed by atoms with Gasteiger partial charge < -0.3 is 16.0 Å². The molecule has 1 aromatic heterocycles. The normalized spacial score (nSPS) is 21.2. The average Bonchev–Trinajstić information content (AvgIpc) is 3.17. The van der Waals surface area contributed by atoms with E-state index in [1.54, 1.807) is 10.7 Å². The van der Waals surface area contributed by atoms with E-state index < -0.39 is 5.54 Å². The molecular formula is C24H31N5O2. The van der Waals surface area contributed by atoms with Crippen molar-refractivity contribution in [2.24, 2.45) is 0 Å². The minimum Gasteiger partial charge on any atom is -0.369 e. The molecule has 0 spiro atoms. The Balaban J connectivity index is 1.43. The zero-order valence-electron chi connectivity index (χ0n) is 18.3. The number of carbonyl (C=O) groups excluding carboxylic acids is 2. The Morgan fingerprint density at radius 3 is 2.77 bits per heavy atom. The highest BCUT2D eigenvalue weighted by Crippen LogP contribution is 2.25. The Kier molecular flexibility index (Phi) is 5.85. The second-order valence-electron chi connectivity index (χ2n) is 8.99. The number of nitrogens with one attached hydrogen (secondary N) is 3. The second-order valence-corrected chi connectivity index (χ2v) is 8.99. The summed E-state index contributed by atoms with van der Waals surface area (Å²) in [5.74, 6) is -0.295. The van der Waals surface area contributed by atoms with Crippen LogP contribution >= 0.6 is 0 Å². The van der Waals surface area contributed by atoms with Crippen molar-refractivity contribution in [3.63, 3.8) is 0 Å². The molecule has 2 heterocycles. The predicted octanol–water partition coefficient (Wildman–Crippen LogP) is 2.90. The topological polar surface area (TPSA) is 88.1 Å².